The van der Waals surface area contributed by atoms with E-state index in [1.165, 1.54) is 83.5 Å². The molecule has 1 unspecified atom stereocenters. The lowest BCUT2D eigenvalue weighted by Gasteiger charge is -2.42. The lowest BCUT2D eigenvalue weighted by molar-refractivity contribution is -0.140. The summed E-state index contributed by atoms with van der Waals surface area (Å²) in [5.41, 5.74) is 19.9. The molecule has 0 spiro atoms. The second-order valence-corrected chi connectivity index (χ2v) is 44.9. The summed E-state index contributed by atoms with van der Waals surface area (Å²) in [7, 11) is 7.58. The molecule has 16 rings (SSSR count). The van der Waals surface area contributed by atoms with Crippen LogP contribution in [0.15, 0.2) is 114 Å². The molecule has 20 nitrogen and oxygen atoms in total. The van der Waals surface area contributed by atoms with Gasteiger partial charge in [-0.2, -0.15) is 0 Å². The number of rotatable bonds is 13. The molecular formula is C108H155N11O9S. The summed E-state index contributed by atoms with van der Waals surface area (Å²) in [6.45, 7) is 39.8. The quantitative estimate of drug-likeness (QED) is 0.0943. The monoisotopic (exact) mass is 1780 g/mol. The number of amides is 8. The maximum absolute atomic E-state index is 13.8. The van der Waals surface area contributed by atoms with Crippen molar-refractivity contribution >= 4 is 86.8 Å². The first kappa shape index (κ1) is 97.5. The molecule has 0 saturated heterocycles. The highest BCUT2D eigenvalue weighted by Crippen LogP contribution is 2.47. The van der Waals surface area contributed by atoms with Crippen molar-refractivity contribution in [1.82, 2.24) is 54.8 Å². The number of benzene rings is 4. The average Bonchev–Trinajstić information content (AvgIpc) is 1.57. The molecule has 5 heterocycles. The van der Waals surface area contributed by atoms with Crippen molar-refractivity contribution in [3.63, 3.8) is 0 Å². The Morgan fingerprint density at radius 2 is 0.822 bits per heavy atom. The molecule has 1 aromatic heterocycles. The minimum atomic E-state index is -0.478. The highest BCUT2D eigenvalue weighted by Gasteiger charge is 2.44. The Kier molecular flexibility index (Phi) is 31.3. The largest absolute Gasteiger partial charge is 0.444 e. The molecule has 4 aliphatic heterocycles. The Hall–Kier alpha value is -8.98. The highest BCUT2D eigenvalue weighted by atomic mass is 32.1. The van der Waals surface area contributed by atoms with Gasteiger partial charge in [0.15, 0.2) is 5.11 Å². The first-order chi connectivity index (χ1) is 61.0. The third kappa shape index (κ3) is 24.7. The zero-order chi connectivity index (χ0) is 92.9. The maximum atomic E-state index is 13.8. The summed E-state index contributed by atoms with van der Waals surface area (Å²) in [5, 5.41) is 8.50. The van der Waals surface area contributed by atoms with E-state index in [0.717, 1.165) is 198 Å². The Balaban J connectivity index is 0.000000147. The van der Waals surface area contributed by atoms with Gasteiger partial charge < -0.3 is 64.3 Å². The summed E-state index contributed by atoms with van der Waals surface area (Å²) < 4.78 is 10.9. The van der Waals surface area contributed by atoms with Crippen molar-refractivity contribution in [2.45, 2.75) is 305 Å². The third-order valence-corrected chi connectivity index (χ3v) is 29.6. The smallest absolute Gasteiger partial charge is 0.410 e. The fourth-order valence-corrected chi connectivity index (χ4v) is 23.0. The zero-order valence-corrected chi connectivity index (χ0v) is 82.8. The zero-order valence-electron chi connectivity index (χ0n) is 82.0. The van der Waals surface area contributed by atoms with Crippen LogP contribution in [0.1, 0.15) is 277 Å². The van der Waals surface area contributed by atoms with E-state index in [0.29, 0.717) is 72.9 Å². The van der Waals surface area contributed by atoms with Crippen molar-refractivity contribution in [2.24, 2.45) is 53.3 Å². The number of hydrogen-bond acceptors (Lipinski definition) is 10. The predicted molar refractivity (Wildman–Crippen MR) is 524 cm³/mol. The molecule has 3 atom stereocenters. The van der Waals surface area contributed by atoms with Gasteiger partial charge in [-0.1, -0.05) is 105 Å². The van der Waals surface area contributed by atoms with Crippen LogP contribution in [0.4, 0.5) is 14.4 Å². The number of H-pyrrole nitrogens is 1. The number of hydrogen-bond donors (Lipinski definition) is 3. The topological polar surface area (TPSA) is 204 Å². The number of urea groups is 1. The van der Waals surface area contributed by atoms with Gasteiger partial charge in [-0.3, -0.25) is 19.2 Å². The molecule has 8 amide bonds. The van der Waals surface area contributed by atoms with Crippen LogP contribution in [-0.4, -0.2) is 212 Å². The van der Waals surface area contributed by atoms with Crippen molar-refractivity contribution in [3.05, 3.63) is 158 Å². The molecular weight excluding hydrogens is 1630 g/mol. The Labute approximate surface area is 777 Å². The predicted octanol–water partition coefficient (Wildman–Crippen LogP) is 20.5. The van der Waals surface area contributed by atoms with Gasteiger partial charge in [-0.25, -0.2) is 14.4 Å². The van der Waals surface area contributed by atoms with Gasteiger partial charge in [0.25, 0.3) is 0 Å². The van der Waals surface area contributed by atoms with Crippen LogP contribution < -0.4 is 10.6 Å². The van der Waals surface area contributed by atoms with E-state index < -0.39 is 11.2 Å². The molecule has 11 aliphatic rings. The average molecular weight is 1780 g/mol. The Morgan fingerprint density at radius 1 is 0.442 bits per heavy atom. The SMILES string of the molecule is CC(C)C1C2=C(CCN1C(=O)C1CCC(CN(C)C(=S)NC(C)(C)C)CC1)c1ccccc1C2.CN(CC1CCC(C(=O)N2CCc3[nH]c4ccccc4c3C2)CC1)C(=O)OC(C)(C)C.C[C@@H]1CC2=C(Cc3ccccc32)CN1C(=O)C1CCC(CN(C)C(=O)NC(C)(C)C)CC1.C[C@@H]1CC2=C(Cc3ccccc32)CN1C(=O)C1CCC(CN(C)C(=O)OC(C)(C)C)CC1. The maximum Gasteiger partial charge on any atom is 0.410 e. The van der Waals surface area contributed by atoms with E-state index in [1.807, 2.05) is 82.5 Å². The minimum absolute atomic E-state index is 0.0144. The van der Waals surface area contributed by atoms with Crippen LogP contribution in [0.5, 0.6) is 0 Å². The molecule has 0 radical (unpaired) electrons. The van der Waals surface area contributed by atoms with E-state index in [2.05, 4.69) is 187 Å². The molecule has 21 heteroatoms. The number of carbonyl (C=O) groups excluding carboxylic acids is 7. The van der Waals surface area contributed by atoms with Crippen LogP contribution in [0.2, 0.25) is 0 Å². The number of fused-ring (bicyclic) bond motifs is 9. The molecule has 4 saturated carbocycles. The van der Waals surface area contributed by atoms with E-state index in [9.17, 15) is 33.6 Å². The van der Waals surface area contributed by atoms with Crippen molar-refractivity contribution in [3.8, 4) is 0 Å². The summed E-state index contributed by atoms with van der Waals surface area (Å²) in [6.07, 6.45) is 22.0. The third-order valence-electron chi connectivity index (χ3n) is 29.2. The summed E-state index contributed by atoms with van der Waals surface area (Å²) >= 11 is 5.59. The number of aromatic nitrogens is 1. The number of ether oxygens (including phenoxy) is 2. The fourth-order valence-electron chi connectivity index (χ4n) is 22.6. The van der Waals surface area contributed by atoms with Gasteiger partial charge in [-0.15, -0.1) is 0 Å². The van der Waals surface area contributed by atoms with Gasteiger partial charge in [0.2, 0.25) is 23.6 Å². The Morgan fingerprint density at radius 3 is 1.25 bits per heavy atom. The fraction of sp³-hybridized carbons (Fsp3) is 0.630. The molecule has 0 bridgehead atoms. The first-order valence-corrected chi connectivity index (χ1v) is 49.5. The van der Waals surface area contributed by atoms with Crippen molar-refractivity contribution in [1.29, 1.82) is 0 Å². The first-order valence-electron chi connectivity index (χ1n) is 49.1. The van der Waals surface area contributed by atoms with Crippen LogP contribution >= 0.6 is 12.2 Å². The number of nitrogens with zero attached hydrogens (tertiary/aromatic N) is 8. The molecule has 4 fully saturated rings. The number of nitrogens with one attached hydrogen (secondary N) is 3. The highest BCUT2D eigenvalue weighted by molar-refractivity contribution is 7.80. The van der Waals surface area contributed by atoms with Crippen LogP contribution in [-0.2, 0) is 60.9 Å². The van der Waals surface area contributed by atoms with E-state index in [1.54, 1.807) is 21.7 Å². The van der Waals surface area contributed by atoms with Gasteiger partial charge in [0.05, 0.1) is 6.04 Å². The van der Waals surface area contributed by atoms with Crippen LogP contribution in [0.25, 0.3) is 27.6 Å². The molecule has 4 aromatic carbocycles. The summed E-state index contributed by atoms with van der Waals surface area (Å²) in [6, 6.07) is 35.3. The molecule has 7 aliphatic carbocycles. The second-order valence-electron chi connectivity index (χ2n) is 44.5. The summed E-state index contributed by atoms with van der Waals surface area (Å²) in [4.78, 5) is 110. The number of aromatic amines is 1. The molecule has 3 N–H and O–H groups in total. The second kappa shape index (κ2) is 41.4. The van der Waals surface area contributed by atoms with Crippen molar-refractivity contribution in [2.75, 3.05) is 80.5 Å². The van der Waals surface area contributed by atoms with Gasteiger partial charge in [-0.05, 0) is 353 Å². The number of carbonyl (C=O) groups is 7. The molecule has 129 heavy (non-hydrogen) atoms. The molecule has 5 aromatic rings. The molecule has 702 valence electrons. The van der Waals surface area contributed by atoms with Crippen LogP contribution in [0, 0.1) is 53.3 Å². The standard InChI is InChI=1S/C29H43N3OS.C27H39N3O2.C27H38N2O3.C25H35N3O3/c1-19(2)26-25-17-22-9-7-8-10-23(22)24(25)15-16-32(26)27(33)21-13-11-20(12-14-21)18-31(6)28(34)30-29(3,4)5;1-18-14-24-22(15-21-8-6-7-9-23(21)24)17-30(18)25(31)20-12-10-19(11-13-20)16-29(5)26(32)28-27(2,3)4;1-18-14-24-22(15-21-8-6-7-9-23(21)24)17-29(18)25(30)20-12-10-19(11-13-20)16-28(5)26(31)32-27(2,3)4;1-25(2,3)31-24(30)27(4)15-17-9-11-18(12-10-17)23(29)28-14-13-22-20(16-28)19-7-5-6-8-21(19)26-22/h7-10,19-21,26H,11-18H2,1-6H3,(H,30,34);6-9,18-20H,10-17H2,1-5H3,(H,28,32);6-9,18-20H,10-17H2,1-5H3;5-8,17-18,26H,9-16H2,1-4H3/t;2*18-,19?,20?;/m.11./s1. The van der Waals surface area contributed by atoms with E-state index in [-0.39, 0.29) is 71.1 Å². The number of thiocarbonyl (C=S) groups is 1. The lowest BCUT2D eigenvalue weighted by atomic mass is 9.79. The van der Waals surface area contributed by atoms with Gasteiger partial charge >= 0.3 is 18.2 Å². The lowest BCUT2D eigenvalue weighted by Crippen LogP contribution is -2.50. The van der Waals surface area contributed by atoms with Gasteiger partial charge in [0.1, 0.15) is 11.2 Å². The van der Waals surface area contributed by atoms with Crippen molar-refractivity contribution < 1.29 is 43.0 Å². The minimum Gasteiger partial charge on any atom is -0.444 e. The number of para-hydroxylation sites is 1. The normalized spacial score (nSPS) is 24.2. The Bertz CT molecular complexity index is 4790. The van der Waals surface area contributed by atoms with E-state index >= 15 is 0 Å². The summed E-state index contributed by atoms with van der Waals surface area (Å²) in [5.74, 6) is 4.30. The van der Waals surface area contributed by atoms with Crippen LogP contribution in [0.3, 0.4) is 0 Å². The van der Waals surface area contributed by atoms with E-state index in [4.69, 9.17) is 21.7 Å². The van der Waals surface area contributed by atoms with Gasteiger partial charge in [0, 0.05) is 163 Å².